The smallest absolute Gasteiger partial charge is 0.272 e. The van der Waals surface area contributed by atoms with E-state index >= 15 is 0 Å². The summed E-state index contributed by atoms with van der Waals surface area (Å²) in [6.07, 6.45) is 1.62. The van der Waals surface area contributed by atoms with Crippen LogP contribution in [-0.2, 0) is 6.54 Å². The molecule has 4 nitrogen and oxygen atoms in total. The fourth-order valence-corrected chi connectivity index (χ4v) is 1.65. The Hall–Kier alpha value is -2.36. The zero-order valence-electron chi connectivity index (χ0n) is 10.2. The third kappa shape index (κ3) is 2.85. The lowest BCUT2D eigenvalue weighted by atomic mass is 10.2. The maximum absolute atomic E-state index is 12.1. The molecule has 1 aromatic carbocycles. The average molecular weight is 241 g/mol. The number of carbonyl (C=O) groups is 1. The van der Waals surface area contributed by atoms with E-state index in [0.717, 1.165) is 11.3 Å². The highest BCUT2D eigenvalue weighted by molar-refractivity contribution is 5.91. The lowest BCUT2D eigenvalue weighted by Crippen LogP contribution is -2.26. The monoisotopic (exact) mass is 241 g/mol. The highest BCUT2D eigenvalue weighted by atomic mass is 16.2. The van der Waals surface area contributed by atoms with Gasteiger partial charge in [-0.05, 0) is 29.8 Å². The van der Waals surface area contributed by atoms with Gasteiger partial charge in [0, 0.05) is 25.5 Å². The van der Waals surface area contributed by atoms with Crippen molar-refractivity contribution >= 4 is 11.6 Å². The first-order chi connectivity index (χ1) is 8.66. The second-order valence-corrected chi connectivity index (χ2v) is 4.12. The van der Waals surface area contributed by atoms with Gasteiger partial charge in [-0.2, -0.15) is 0 Å². The number of hydrogen-bond acceptors (Lipinski definition) is 3. The lowest BCUT2D eigenvalue weighted by molar-refractivity contribution is 0.0779. The molecule has 1 heterocycles. The van der Waals surface area contributed by atoms with E-state index in [9.17, 15) is 4.79 Å². The van der Waals surface area contributed by atoms with E-state index in [4.69, 9.17) is 5.73 Å². The maximum Gasteiger partial charge on any atom is 0.272 e. The van der Waals surface area contributed by atoms with Crippen LogP contribution in [0.3, 0.4) is 0 Å². The molecule has 18 heavy (non-hydrogen) atoms. The summed E-state index contributed by atoms with van der Waals surface area (Å²) in [6, 6.07) is 12.8. The molecule has 0 aliphatic carbocycles. The minimum absolute atomic E-state index is 0.0903. The number of carbonyl (C=O) groups excluding carboxylic acids is 1. The normalized spacial score (nSPS) is 10.1. The van der Waals surface area contributed by atoms with Gasteiger partial charge in [-0.3, -0.25) is 9.78 Å². The van der Waals surface area contributed by atoms with E-state index in [0.29, 0.717) is 12.2 Å². The van der Waals surface area contributed by atoms with Crippen LogP contribution >= 0.6 is 0 Å². The Balaban J connectivity index is 2.06. The van der Waals surface area contributed by atoms with Crippen LogP contribution in [0.2, 0.25) is 0 Å². The third-order valence-electron chi connectivity index (χ3n) is 2.63. The van der Waals surface area contributed by atoms with Crippen LogP contribution in [0.15, 0.2) is 48.7 Å². The van der Waals surface area contributed by atoms with Crippen molar-refractivity contribution in [2.24, 2.45) is 0 Å². The van der Waals surface area contributed by atoms with Crippen molar-refractivity contribution in [2.75, 3.05) is 12.8 Å². The van der Waals surface area contributed by atoms with Crippen LogP contribution in [-0.4, -0.2) is 22.8 Å². The Labute approximate surface area is 106 Å². The van der Waals surface area contributed by atoms with Crippen molar-refractivity contribution in [3.8, 4) is 0 Å². The van der Waals surface area contributed by atoms with Crippen molar-refractivity contribution in [1.29, 1.82) is 0 Å². The van der Waals surface area contributed by atoms with Gasteiger partial charge < -0.3 is 10.6 Å². The van der Waals surface area contributed by atoms with Crippen LogP contribution in [0.4, 0.5) is 5.69 Å². The van der Waals surface area contributed by atoms with E-state index in [2.05, 4.69) is 4.98 Å². The van der Waals surface area contributed by atoms with Crippen LogP contribution in [0.1, 0.15) is 16.1 Å². The molecule has 0 atom stereocenters. The van der Waals surface area contributed by atoms with E-state index < -0.39 is 0 Å². The number of benzene rings is 1. The predicted octanol–water partition coefficient (Wildman–Crippen LogP) is 1.94. The molecule has 0 spiro atoms. The largest absolute Gasteiger partial charge is 0.399 e. The average Bonchev–Trinajstić information content (AvgIpc) is 2.41. The van der Waals surface area contributed by atoms with Gasteiger partial charge in [0.2, 0.25) is 0 Å². The zero-order chi connectivity index (χ0) is 13.0. The number of pyridine rings is 1. The quantitative estimate of drug-likeness (QED) is 0.835. The number of amides is 1. The van der Waals surface area contributed by atoms with E-state index in [1.807, 2.05) is 24.3 Å². The van der Waals surface area contributed by atoms with Gasteiger partial charge >= 0.3 is 0 Å². The molecule has 0 saturated carbocycles. The molecular formula is C14H15N3O. The van der Waals surface area contributed by atoms with Crippen molar-refractivity contribution in [2.45, 2.75) is 6.54 Å². The molecule has 0 aliphatic heterocycles. The van der Waals surface area contributed by atoms with Crippen LogP contribution in [0, 0.1) is 0 Å². The number of hydrogen-bond donors (Lipinski definition) is 1. The number of anilines is 1. The molecule has 0 radical (unpaired) electrons. The van der Waals surface area contributed by atoms with Gasteiger partial charge in [0.05, 0.1) is 0 Å². The van der Waals surface area contributed by atoms with E-state index in [-0.39, 0.29) is 5.91 Å². The summed E-state index contributed by atoms with van der Waals surface area (Å²) in [5.74, 6) is -0.0903. The third-order valence-corrected chi connectivity index (χ3v) is 2.63. The molecule has 0 bridgehead atoms. The topological polar surface area (TPSA) is 59.2 Å². The van der Waals surface area contributed by atoms with E-state index in [1.54, 1.807) is 36.3 Å². The minimum Gasteiger partial charge on any atom is -0.399 e. The van der Waals surface area contributed by atoms with Gasteiger partial charge in [-0.25, -0.2) is 0 Å². The van der Waals surface area contributed by atoms with Gasteiger partial charge in [-0.1, -0.05) is 18.2 Å². The molecule has 0 unspecified atom stereocenters. The Morgan fingerprint density at radius 2 is 1.94 bits per heavy atom. The molecule has 0 saturated heterocycles. The van der Waals surface area contributed by atoms with Gasteiger partial charge in [-0.15, -0.1) is 0 Å². The van der Waals surface area contributed by atoms with Crippen molar-refractivity contribution in [3.63, 3.8) is 0 Å². The van der Waals surface area contributed by atoms with Crippen LogP contribution in [0.5, 0.6) is 0 Å². The maximum atomic E-state index is 12.1. The first kappa shape index (κ1) is 12.1. The predicted molar refractivity (Wildman–Crippen MR) is 70.9 cm³/mol. The second kappa shape index (κ2) is 5.31. The molecule has 1 amide bonds. The molecular weight excluding hydrogens is 226 g/mol. The molecule has 2 aromatic rings. The summed E-state index contributed by atoms with van der Waals surface area (Å²) >= 11 is 0. The molecule has 0 fully saturated rings. The molecule has 2 rings (SSSR count). The molecule has 0 aliphatic rings. The van der Waals surface area contributed by atoms with Gasteiger partial charge in [0.15, 0.2) is 0 Å². The summed E-state index contributed by atoms with van der Waals surface area (Å²) in [7, 11) is 1.76. The zero-order valence-corrected chi connectivity index (χ0v) is 10.2. The standard InChI is InChI=1S/C14H15N3O/c1-17(10-11-5-7-12(15)8-6-11)14(18)13-4-2-3-9-16-13/h2-9H,10,15H2,1H3. The Kier molecular flexibility index (Phi) is 3.57. The highest BCUT2D eigenvalue weighted by Crippen LogP contribution is 2.09. The summed E-state index contributed by atoms with van der Waals surface area (Å²) in [4.78, 5) is 17.7. The Morgan fingerprint density at radius 3 is 2.56 bits per heavy atom. The minimum atomic E-state index is -0.0903. The highest BCUT2D eigenvalue weighted by Gasteiger charge is 2.12. The van der Waals surface area contributed by atoms with Crippen molar-refractivity contribution in [3.05, 3.63) is 59.9 Å². The summed E-state index contributed by atoms with van der Waals surface area (Å²) in [6.45, 7) is 0.537. The molecule has 92 valence electrons. The number of aromatic nitrogens is 1. The van der Waals surface area contributed by atoms with E-state index in [1.165, 1.54) is 0 Å². The fourth-order valence-electron chi connectivity index (χ4n) is 1.65. The lowest BCUT2D eigenvalue weighted by Gasteiger charge is -2.16. The molecule has 4 heteroatoms. The van der Waals surface area contributed by atoms with Crippen molar-refractivity contribution < 1.29 is 4.79 Å². The number of rotatable bonds is 3. The molecule has 2 N–H and O–H groups in total. The SMILES string of the molecule is CN(Cc1ccc(N)cc1)C(=O)c1ccccn1. The first-order valence-corrected chi connectivity index (χ1v) is 5.68. The van der Waals surface area contributed by atoms with Crippen LogP contribution in [0.25, 0.3) is 0 Å². The first-order valence-electron chi connectivity index (χ1n) is 5.68. The number of nitrogens with zero attached hydrogens (tertiary/aromatic N) is 2. The van der Waals surface area contributed by atoms with Crippen LogP contribution < -0.4 is 5.73 Å². The van der Waals surface area contributed by atoms with Gasteiger partial charge in [0.1, 0.15) is 5.69 Å². The summed E-state index contributed by atoms with van der Waals surface area (Å²) in [5, 5.41) is 0. The Bertz CT molecular complexity index is 522. The van der Waals surface area contributed by atoms with Gasteiger partial charge in [0.25, 0.3) is 5.91 Å². The molecule has 1 aromatic heterocycles. The summed E-state index contributed by atoms with van der Waals surface area (Å²) in [5.41, 5.74) is 7.83. The number of nitrogens with two attached hydrogens (primary N) is 1. The second-order valence-electron chi connectivity index (χ2n) is 4.12. The van der Waals surface area contributed by atoms with Crippen molar-refractivity contribution in [1.82, 2.24) is 9.88 Å². The number of nitrogen functional groups attached to an aromatic ring is 1. The Morgan fingerprint density at radius 1 is 1.22 bits per heavy atom. The fraction of sp³-hybridized carbons (Fsp3) is 0.143. The summed E-state index contributed by atoms with van der Waals surface area (Å²) < 4.78 is 0.